The number of benzene rings is 1. The highest BCUT2D eigenvalue weighted by molar-refractivity contribution is 5.84. The smallest absolute Gasteiger partial charge is 0.356 e. The van der Waals surface area contributed by atoms with E-state index in [2.05, 4.69) is 41.7 Å². The molecule has 0 spiro atoms. The molecule has 0 fully saturated rings. The maximum Gasteiger partial charge on any atom is 0.356 e. The summed E-state index contributed by atoms with van der Waals surface area (Å²) in [5.41, 5.74) is 3.07. The third-order valence-electron chi connectivity index (χ3n) is 3.63. The van der Waals surface area contributed by atoms with Gasteiger partial charge >= 0.3 is 5.97 Å². The maximum absolute atomic E-state index is 10.8. The molecule has 0 radical (unpaired) electrons. The first-order valence-corrected chi connectivity index (χ1v) is 7.95. The summed E-state index contributed by atoms with van der Waals surface area (Å²) in [6.07, 6.45) is 2.80. The van der Waals surface area contributed by atoms with E-state index < -0.39 is 5.97 Å². The van der Waals surface area contributed by atoms with Gasteiger partial charge in [-0.1, -0.05) is 13.0 Å². The minimum atomic E-state index is -1.07. The van der Waals surface area contributed by atoms with Gasteiger partial charge in [-0.3, -0.25) is 9.88 Å². The molecule has 0 bridgehead atoms. The molecule has 24 heavy (non-hydrogen) atoms. The molecule has 0 unspecified atom stereocenters. The molecule has 6 heteroatoms. The number of hydrogen-bond donors (Lipinski definition) is 1. The summed E-state index contributed by atoms with van der Waals surface area (Å²) < 4.78 is 5.83. The van der Waals surface area contributed by atoms with Crippen LogP contribution in [0.4, 0.5) is 0 Å². The summed E-state index contributed by atoms with van der Waals surface area (Å²) in [5, 5.41) is 8.84. The zero-order valence-electron chi connectivity index (χ0n) is 14.3. The van der Waals surface area contributed by atoms with Gasteiger partial charge in [-0.25, -0.2) is 9.78 Å². The van der Waals surface area contributed by atoms with Gasteiger partial charge in [0.1, 0.15) is 12.4 Å². The second kappa shape index (κ2) is 8.40. The van der Waals surface area contributed by atoms with Gasteiger partial charge in [-0.05, 0) is 43.7 Å². The van der Waals surface area contributed by atoms with Crippen LogP contribution in [0.3, 0.4) is 0 Å². The predicted molar refractivity (Wildman–Crippen MR) is 91.4 cm³/mol. The minimum absolute atomic E-state index is 0.0417. The lowest BCUT2D eigenvalue weighted by atomic mass is 10.1. The highest BCUT2D eigenvalue weighted by atomic mass is 16.5. The Labute approximate surface area is 142 Å². The SMILES string of the molecule is CCN(CCOc1cc(C)cc(C)c1)Cc1cnc(C(=O)O)cn1. The third kappa shape index (κ3) is 5.31. The number of ether oxygens (including phenoxy) is 1. The number of carbonyl (C=O) groups is 1. The molecule has 0 aliphatic rings. The van der Waals surface area contributed by atoms with Crippen molar-refractivity contribution in [3.05, 3.63) is 53.1 Å². The summed E-state index contributed by atoms with van der Waals surface area (Å²) >= 11 is 0. The molecule has 1 aromatic heterocycles. The lowest BCUT2D eigenvalue weighted by Crippen LogP contribution is -2.28. The van der Waals surface area contributed by atoms with E-state index in [9.17, 15) is 4.79 Å². The van der Waals surface area contributed by atoms with Crippen LogP contribution in [0.1, 0.15) is 34.2 Å². The van der Waals surface area contributed by atoms with Crippen molar-refractivity contribution < 1.29 is 14.6 Å². The molecule has 0 saturated heterocycles. The van der Waals surface area contributed by atoms with Crippen molar-refractivity contribution in [1.29, 1.82) is 0 Å². The van der Waals surface area contributed by atoms with E-state index >= 15 is 0 Å². The molecule has 2 aromatic rings. The summed E-state index contributed by atoms with van der Waals surface area (Å²) in [5.74, 6) is -0.183. The van der Waals surface area contributed by atoms with Gasteiger partial charge in [0.15, 0.2) is 5.69 Å². The first-order valence-electron chi connectivity index (χ1n) is 7.95. The zero-order valence-corrected chi connectivity index (χ0v) is 14.3. The number of nitrogens with zero attached hydrogens (tertiary/aromatic N) is 3. The zero-order chi connectivity index (χ0) is 17.5. The number of rotatable bonds is 8. The summed E-state index contributed by atoms with van der Waals surface area (Å²) in [6.45, 7) is 8.96. The fourth-order valence-corrected chi connectivity index (χ4v) is 2.43. The number of likely N-dealkylation sites (N-methyl/N-ethyl adjacent to an activating group) is 1. The van der Waals surface area contributed by atoms with Crippen molar-refractivity contribution in [2.45, 2.75) is 27.3 Å². The Morgan fingerprint density at radius 3 is 2.42 bits per heavy atom. The number of hydrogen-bond acceptors (Lipinski definition) is 5. The van der Waals surface area contributed by atoms with Crippen molar-refractivity contribution in [1.82, 2.24) is 14.9 Å². The summed E-state index contributed by atoms with van der Waals surface area (Å²) in [6, 6.07) is 6.17. The van der Waals surface area contributed by atoms with Gasteiger partial charge in [-0.2, -0.15) is 0 Å². The second-order valence-electron chi connectivity index (χ2n) is 5.74. The lowest BCUT2D eigenvalue weighted by molar-refractivity contribution is 0.0690. The third-order valence-corrected chi connectivity index (χ3v) is 3.63. The first-order chi connectivity index (χ1) is 11.5. The Hall–Kier alpha value is -2.47. The molecule has 0 aliphatic carbocycles. The van der Waals surface area contributed by atoms with E-state index in [1.54, 1.807) is 0 Å². The highest BCUT2D eigenvalue weighted by Gasteiger charge is 2.08. The minimum Gasteiger partial charge on any atom is -0.492 e. The van der Waals surface area contributed by atoms with Crippen LogP contribution in [-0.4, -0.2) is 45.6 Å². The van der Waals surface area contributed by atoms with Crippen molar-refractivity contribution in [3.8, 4) is 5.75 Å². The van der Waals surface area contributed by atoms with Crippen molar-refractivity contribution >= 4 is 5.97 Å². The van der Waals surface area contributed by atoms with Crippen molar-refractivity contribution in [2.24, 2.45) is 0 Å². The van der Waals surface area contributed by atoms with Gasteiger partial charge in [-0.15, -0.1) is 0 Å². The lowest BCUT2D eigenvalue weighted by Gasteiger charge is -2.20. The van der Waals surface area contributed by atoms with E-state index in [1.165, 1.54) is 23.5 Å². The number of carboxylic acid groups (broad SMARTS) is 1. The average Bonchev–Trinajstić information content (AvgIpc) is 2.53. The van der Waals surface area contributed by atoms with E-state index in [0.29, 0.717) is 13.2 Å². The number of carboxylic acids is 1. The van der Waals surface area contributed by atoms with Gasteiger partial charge in [0.05, 0.1) is 18.1 Å². The molecular weight excluding hydrogens is 306 g/mol. The normalized spacial score (nSPS) is 10.8. The summed E-state index contributed by atoms with van der Waals surface area (Å²) in [4.78, 5) is 21.0. The molecule has 1 heterocycles. The Kier molecular flexibility index (Phi) is 6.26. The molecule has 0 amide bonds. The number of aromatic carboxylic acids is 1. The molecule has 1 aromatic carbocycles. The Morgan fingerprint density at radius 2 is 1.88 bits per heavy atom. The van der Waals surface area contributed by atoms with Crippen LogP contribution in [0.2, 0.25) is 0 Å². The van der Waals surface area contributed by atoms with E-state index in [4.69, 9.17) is 9.84 Å². The second-order valence-corrected chi connectivity index (χ2v) is 5.74. The van der Waals surface area contributed by atoms with E-state index in [-0.39, 0.29) is 5.69 Å². The highest BCUT2D eigenvalue weighted by Crippen LogP contribution is 2.16. The fourth-order valence-electron chi connectivity index (χ4n) is 2.43. The van der Waals surface area contributed by atoms with Gasteiger partial charge in [0.2, 0.25) is 0 Å². The van der Waals surface area contributed by atoms with Crippen LogP contribution in [0.5, 0.6) is 5.75 Å². The van der Waals surface area contributed by atoms with Crippen molar-refractivity contribution in [2.75, 3.05) is 19.7 Å². The summed E-state index contributed by atoms with van der Waals surface area (Å²) in [7, 11) is 0. The van der Waals surface area contributed by atoms with Crippen LogP contribution in [0.25, 0.3) is 0 Å². The van der Waals surface area contributed by atoms with E-state index in [0.717, 1.165) is 24.5 Å². The molecule has 0 atom stereocenters. The van der Waals surface area contributed by atoms with Gasteiger partial charge in [0.25, 0.3) is 0 Å². The predicted octanol–water partition coefficient (Wildman–Crippen LogP) is 2.69. The van der Waals surface area contributed by atoms with Crippen LogP contribution >= 0.6 is 0 Å². The molecule has 0 saturated carbocycles. The Balaban J connectivity index is 1.86. The van der Waals surface area contributed by atoms with Crippen LogP contribution in [0, 0.1) is 13.8 Å². The molecule has 6 nitrogen and oxygen atoms in total. The average molecular weight is 329 g/mol. The quantitative estimate of drug-likeness (QED) is 0.802. The first kappa shape index (κ1) is 17.9. The molecule has 2 rings (SSSR count). The van der Waals surface area contributed by atoms with Crippen LogP contribution in [-0.2, 0) is 6.54 Å². The van der Waals surface area contributed by atoms with Crippen LogP contribution in [0.15, 0.2) is 30.6 Å². The molecule has 128 valence electrons. The van der Waals surface area contributed by atoms with Gasteiger partial charge in [0, 0.05) is 13.1 Å². The maximum atomic E-state index is 10.8. The molecular formula is C18H23N3O3. The standard InChI is InChI=1S/C18H23N3O3/c1-4-21(12-15-10-20-17(11-19-15)18(22)23)5-6-24-16-8-13(2)7-14(3)9-16/h7-11H,4-6,12H2,1-3H3,(H,22,23). The topological polar surface area (TPSA) is 75.5 Å². The van der Waals surface area contributed by atoms with Crippen LogP contribution < -0.4 is 4.74 Å². The van der Waals surface area contributed by atoms with Crippen molar-refractivity contribution in [3.63, 3.8) is 0 Å². The fraction of sp³-hybridized carbons (Fsp3) is 0.389. The molecule has 0 aliphatic heterocycles. The Morgan fingerprint density at radius 1 is 1.17 bits per heavy atom. The largest absolute Gasteiger partial charge is 0.492 e. The number of aromatic nitrogens is 2. The van der Waals surface area contributed by atoms with Gasteiger partial charge < -0.3 is 9.84 Å². The number of aryl methyl sites for hydroxylation is 2. The monoisotopic (exact) mass is 329 g/mol. The molecule has 1 N–H and O–H groups in total. The Bertz CT molecular complexity index is 666. The van der Waals surface area contributed by atoms with E-state index in [1.807, 2.05) is 12.1 Å².